The molecule has 0 aliphatic rings. The molecule has 0 N–H and O–H groups in total. The predicted octanol–water partition coefficient (Wildman–Crippen LogP) is 4.58. The summed E-state index contributed by atoms with van der Waals surface area (Å²) in [6, 6.07) is 5.55. The number of unbranched alkanes of at least 4 members (excludes halogenated alkanes) is 6. The summed E-state index contributed by atoms with van der Waals surface area (Å²) >= 11 is 0. The number of benzene rings is 1. The van der Waals surface area contributed by atoms with Crippen LogP contribution in [0.3, 0.4) is 0 Å². The Morgan fingerprint density at radius 2 is 1.58 bits per heavy atom. The van der Waals surface area contributed by atoms with Crippen LogP contribution in [0.25, 0.3) is 0 Å². The second kappa shape index (κ2) is 12.3. The number of esters is 2. The smallest absolute Gasteiger partial charge is 0.336 e. The van der Waals surface area contributed by atoms with Crippen LogP contribution in [0.2, 0.25) is 0 Å². The Kier molecular flexibility index (Phi) is 10.2. The first kappa shape index (κ1) is 19.9. The zero-order valence-corrected chi connectivity index (χ0v) is 14.1. The van der Waals surface area contributed by atoms with Gasteiger partial charge in [-0.1, -0.05) is 57.6 Å². The van der Waals surface area contributed by atoms with Gasteiger partial charge in [0.15, 0.2) is 11.6 Å². The van der Waals surface area contributed by atoms with E-state index in [1.807, 2.05) is 0 Å². The molecule has 0 bridgehead atoms. The Morgan fingerprint density at radius 1 is 0.958 bits per heavy atom. The van der Waals surface area contributed by atoms with Gasteiger partial charge in [-0.3, -0.25) is 0 Å². The maximum atomic E-state index is 13.3. The van der Waals surface area contributed by atoms with E-state index in [0.717, 1.165) is 31.4 Å². The Hall–Kier alpha value is -2.17. The molecule has 0 aliphatic heterocycles. The van der Waals surface area contributed by atoms with Gasteiger partial charge in [0.2, 0.25) is 0 Å². The number of hydrogen-bond donors (Lipinski definition) is 0. The van der Waals surface area contributed by atoms with Crippen molar-refractivity contribution in [2.45, 2.75) is 51.9 Å². The van der Waals surface area contributed by atoms with E-state index in [-0.39, 0.29) is 5.75 Å². The molecule has 132 valence electrons. The quantitative estimate of drug-likeness (QED) is 0.257. The molecule has 0 aromatic heterocycles. The van der Waals surface area contributed by atoms with Crippen LogP contribution >= 0.6 is 0 Å². The van der Waals surface area contributed by atoms with Crippen molar-refractivity contribution in [3.05, 3.63) is 42.2 Å². The highest BCUT2D eigenvalue weighted by atomic mass is 19.1. The lowest BCUT2D eigenvalue weighted by molar-refractivity contribution is -0.138. The van der Waals surface area contributed by atoms with Crippen molar-refractivity contribution in [3.63, 3.8) is 0 Å². The van der Waals surface area contributed by atoms with E-state index in [1.165, 1.54) is 43.9 Å². The van der Waals surface area contributed by atoms with E-state index in [2.05, 4.69) is 6.92 Å². The summed E-state index contributed by atoms with van der Waals surface area (Å²) in [6.45, 7) is 2.51. The first-order chi connectivity index (χ1) is 11.6. The first-order valence-corrected chi connectivity index (χ1v) is 8.44. The monoisotopic (exact) mass is 336 g/mol. The fourth-order valence-electron chi connectivity index (χ4n) is 2.09. The molecule has 1 aromatic carbocycles. The number of ether oxygens (including phenoxy) is 2. The van der Waals surface area contributed by atoms with Gasteiger partial charge in [0, 0.05) is 12.2 Å². The fourth-order valence-corrected chi connectivity index (χ4v) is 2.09. The highest BCUT2D eigenvalue weighted by Gasteiger charge is 2.06. The van der Waals surface area contributed by atoms with Gasteiger partial charge in [-0.25, -0.2) is 14.0 Å². The maximum Gasteiger partial charge on any atom is 0.336 e. The summed E-state index contributed by atoms with van der Waals surface area (Å²) in [5.41, 5.74) is 0. The predicted molar refractivity (Wildman–Crippen MR) is 90.1 cm³/mol. The Bertz CT molecular complexity index is 540. The van der Waals surface area contributed by atoms with Gasteiger partial charge in [-0.15, -0.1) is 0 Å². The third kappa shape index (κ3) is 9.08. The largest absolute Gasteiger partial charge is 0.463 e. The molecule has 0 fully saturated rings. The summed E-state index contributed by atoms with van der Waals surface area (Å²) in [6.07, 6.45) is 9.85. The number of carbonyl (C=O) groups excluding carboxylic acids is 2. The van der Waals surface area contributed by atoms with Crippen molar-refractivity contribution >= 4 is 11.9 Å². The zero-order chi connectivity index (χ0) is 17.6. The molecule has 1 aromatic rings. The molecule has 0 spiro atoms. The molecule has 0 aliphatic carbocycles. The van der Waals surface area contributed by atoms with Crippen LogP contribution in [0, 0.1) is 5.82 Å². The molecular formula is C19H25FO4. The molecule has 0 amide bonds. The highest BCUT2D eigenvalue weighted by Crippen LogP contribution is 2.15. The standard InChI is InChI=1S/C19H25FO4/c1-2-3-4-5-6-7-10-15-23-18(21)13-14-19(22)24-17-12-9-8-11-16(17)20/h8-9,11-14H,2-7,10,15H2,1H3/b14-13+. The molecule has 0 heterocycles. The van der Waals surface area contributed by atoms with Gasteiger partial charge in [0.1, 0.15) is 0 Å². The number of halogens is 1. The van der Waals surface area contributed by atoms with Gasteiger partial charge >= 0.3 is 11.9 Å². The van der Waals surface area contributed by atoms with Crippen LogP contribution in [0.15, 0.2) is 36.4 Å². The molecule has 0 unspecified atom stereocenters. The second-order valence-corrected chi connectivity index (χ2v) is 5.47. The molecule has 0 radical (unpaired) electrons. The minimum Gasteiger partial charge on any atom is -0.463 e. The normalized spacial score (nSPS) is 10.8. The van der Waals surface area contributed by atoms with E-state index in [1.54, 1.807) is 6.07 Å². The van der Waals surface area contributed by atoms with Crippen molar-refractivity contribution < 1.29 is 23.5 Å². The molecule has 4 nitrogen and oxygen atoms in total. The number of para-hydroxylation sites is 1. The Balaban J connectivity index is 2.14. The van der Waals surface area contributed by atoms with E-state index in [0.29, 0.717) is 6.61 Å². The summed E-state index contributed by atoms with van der Waals surface area (Å²) in [4.78, 5) is 22.9. The van der Waals surface area contributed by atoms with Crippen LogP contribution in [0.4, 0.5) is 4.39 Å². The molecule has 24 heavy (non-hydrogen) atoms. The average molecular weight is 336 g/mol. The van der Waals surface area contributed by atoms with Crippen LogP contribution in [-0.4, -0.2) is 18.5 Å². The second-order valence-electron chi connectivity index (χ2n) is 5.47. The van der Waals surface area contributed by atoms with Crippen molar-refractivity contribution in [2.24, 2.45) is 0 Å². The maximum absolute atomic E-state index is 13.3. The SMILES string of the molecule is CCCCCCCCCOC(=O)/C=C/C(=O)Oc1ccccc1F. The molecule has 1 rings (SSSR count). The van der Waals surface area contributed by atoms with E-state index >= 15 is 0 Å². The lowest BCUT2D eigenvalue weighted by Gasteiger charge is -2.03. The Labute approximate surface area is 142 Å². The minimum absolute atomic E-state index is 0.177. The number of rotatable bonds is 11. The van der Waals surface area contributed by atoms with E-state index < -0.39 is 17.8 Å². The van der Waals surface area contributed by atoms with Crippen molar-refractivity contribution in [3.8, 4) is 5.75 Å². The minimum atomic E-state index is -0.826. The van der Waals surface area contributed by atoms with Crippen molar-refractivity contribution in [1.82, 2.24) is 0 Å². The summed E-state index contributed by atoms with van der Waals surface area (Å²) in [7, 11) is 0. The Morgan fingerprint density at radius 3 is 2.29 bits per heavy atom. The van der Waals surface area contributed by atoms with Crippen molar-refractivity contribution in [1.29, 1.82) is 0 Å². The van der Waals surface area contributed by atoms with Gasteiger partial charge < -0.3 is 9.47 Å². The number of carbonyl (C=O) groups is 2. The third-order valence-corrected chi connectivity index (χ3v) is 3.39. The van der Waals surface area contributed by atoms with Crippen LogP contribution in [-0.2, 0) is 14.3 Å². The van der Waals surface area contributed by atoms with E-state index in [4.69, 9.17) is 9.47 Å². The lowest BCUT2D eigenvalue weighted by atomic mass is 10.1. The van der Waals surface area contributed by atoms with Crippen LogP contribution < -0.4 is 4.74 Å². The van der Waals surface area contributed by atoms with Crippen LogP contribution in [0.1, 0.15) is 51.9 Å². The average Bonchev–Trinajstić information content (AvgIpc) is 2.57. The molecule has 0 saturated carbocycles. The van der Waals surface area contributed by atoms with Crippen molar-refractivity contribution in [2.75, 3.05) is 6.61 Å². The summed E-state index contributed by atoms with van der Waals surface area (Å²) in [5.74, 6) is -2.25. The topological polar surface area (TPSA) is 52.6 Å². The van der Waals surface area contributed by atoms with Crippen LogP contribution in [0.5, 0.6) is 5.75 Å². The number of hydrogen-bond acceptors (Lipinski definition) is 4. The lowest BCUT2D eigenvalue weighted by Crippen LogP contribution is -2.08. The van der Waals surface area contributed by atoms with E-state index in [9.17, 15) is 14.0 Å². The van der Waals surface area contributed by atoms with Gasteiger partial charge in [0.05, 0.1) is 6.61 Å². The molecular weight excluding hydrogens is 311 g/mol. The van der Waals surface area contributed by atoms with Gasteiger partial charge in [-0.2, -0.15) is 0 Å². The summed E-state index contributed by atoms with van der Waals surface area (Å²) < 4.78 is 23.1. The zero-order valence-electron chi connectivity index (χ0n) is 14.1. The summed E-state index contributed by atoms with van der Waals surface area (Å²) in [5, 5.41) is 0. The van der Waals surface area contributed by atoms with Gasteiger partial charge in [0.25, 0.3) is 0 Å². The first-order valence-electron chi connectivity index (χ1n) is 8.44. The molecule has 5 heteroatoms. The molecule has 0 atom stereocenters. The third-order valence-electron chi connectivity index (χ3n) is 3.39. The fraction of sp³-hybridized carbons (Fsp3) is 0.474. The highest BCUT2D eigenvalue weighted by molar-refractivity contribution is 5.92. The van der Waals surface area contributed by atoms with Gasteiger partial charge in [-0.05, 0) is 18.6 Å². The molecule has 0 saturated heterocycles.